The smallest absolute Gasteiger partial charge is 0.225 e. The Hall–Kier alpha value is -2.96. The third-order valence-corrected chi connectivity index (χ3v) is 4.05. The van der Waals surface area contributed by atoms with Gasteiger partial charge in [-0.3, -0.25) is 4.79 Å². The molecular weight excluding hydrogens is 292 g/mol. The van der Waals surface area contributed by atoms with Crippen LogP contribution in [-0.4, -0.2) is 32.3 Å². The van der Waals surface area contributed by atoms with Crippen molar-refractivity contribution >= 4 is 23.1 Å². The second kappa shape index (κ2) is 5.35. The summed E-state index contributed by atoms with van der Waals surface area (Å²) in [4.78, 5) is 11.9. The minimum Gasteiger partial charge on any atom is -0.368 e. The van der Waals surface area contributed by atoms with Crippen molar-refractivity contribution in [2.24, 2.45) is 0 Å². The molecule has 0 radical (unpaired) electrons. The number of hydrogen-bond donors (Lipinski definition) is 2. The van der Waals surface area contributed by atoms with Crippen LogP contribution >= 0.6 is 0 Å². The first-order valence-corrected chi connectivity index (χ1v) is 7.52. The van der Waals surface area contributed by atoms with E-state index in [1.807, 2.05) is 37.3 Å². The van der Waals surface area contributed by atoms with Crippen molar-refractivity contribution in [3.05, 3.63) is 47.8 Å². The standard InChI is InChI=1S/C16H16N6O/c1-10-19-20-15-7-6-14(21-22(10)15)17-9-11-8-16(23)18-13-5-3-2-4-12(11)13/h2-7,11H,8-9H2,1H3,(H,17,21)(H,18,23). The highest BCUT2D eigenvalue weighted by Crippen LogP contribution is 2.31. The molecule has 0 aliphatic carbocycles. The first-order valence-electron chi connectivity index (χ1n) is 7.52. The van der Waals surface area contributed by atoms with Crippen LogP contribution in [-0.2, 0) is 4.79 Å². The van der Waals surface area contributed by atoms with Crippen LogP contribution in [0.3, 0.4) is 0 Å². The lowest BCUT2D eigenvalue weighted by Gasteiger charge is -2.25. The zero-order valence-electron chi connectivity index (χ0n) is 12.7. The van der Waals surface area contributed by atoms with Gasteiger partial charge in [-0.1, -0.05) is 18.2 Å². The number of nitrogens with one attached hydrogen (secondary N) is 2. The van der Waals surface area contributed by atoms with Crippen LogP contribution in [0.2, 0.25) is 0 Å². The Morgan fingerprint density at radius 1 is 1.26 bits per heavy atom. The van der Waals surface area contributed by atoms with Crippen LogP contribution in [0.25, 0.3) is 5.65 Å². The number of carbonyl (C=O) groups excluding carboxylic acids is 1. The summed E-state index contributed by atoms with van der Waals surface area (Å²) in [6, 6.07) is 11.7. The fraction of sp³-hybridized carbons (Fsp3) is 0.250. The van der Waals surface area contributed by atoms with Crippen molar-refractivity contribution in [2.45, 2.75) is 19.3 Å². The van der Waals surface area contributed by atoms with Gasteiger partial charge in [-0.2, -0.15) is 4.52 Å². The molecular formula is C16H16N6O. The summed E-state index contributed by atoms with van der Waals surface area (Å²) in [6.07, 6.45) is 0.470. The number of aryl methyl sites for hydroxylation is 1. The van der Waals surface area contributed by atoms with Crippen LogP contribution in [0.1, 0.15) is 23.7 Å². The van der Waals surface area contributed by atoms with E-state index in [4.69, 9.17) is 0 Å². The molecule has 2 aromatic heterocycles. The molecule has 0 bridgehead atoms. The highest BCUT2D eigenvalue weighted by molar-refractivity contribution is 5.94. The van der Waals surface area contributed by atoms with Gasteiger partial charge in [0.2, 0.25) is 5.91 Å². The van der Waals surface area contributed by atoms with Crippen LogP contribution < -0.4 is 10.6 Å². The molecule has 1 unspecified atom stereocenters. The fourth-order valence-electron chi connectivity index (χ4n) is 2.90. The van der Waals surface area contributed by atoms with Crippen molar-refractivity contribution in [3.63, 3.8) is 0 Å². The van der Waals surface area contributed by atoms with Crippen LogP contribution in [0.4, 0.5) is 11.5 Å². The Bertz CT molecular complexity index is 887. The number of aromatic nitrogens is 4. The number of amides is 1. The quantitative estimate of drug-likeness (QED) is 0.773. The molecule has 7 nitrogen and oxygen atoms in total. The maximum Gasteiger partial charge on any atom is 0.225 e. The largest absolute Gasteiger partial charge is 0.368 e. The highest BCUT2D eigenvalue weighted by Gasteiger charge is 2.24. The fourth-order valence-corrected chi connectivity index (χ4v) is 2.90. The SMILES string of the molecule is Cc1nnc2ccc(NCC3CC(=O)Nc4ccccc43)nn12. The molecule has 0 saturated carbocycles. The third-order valence-electron chi connectivity index (χ3n) is 4.05. The second-order valence-corrected chi connectivity index (χ2v) is 5.65. The molecule has 1 atom stereocenters. The van der Waals surface area contributed by atoms with Crippen molar-refractivity contribution in [1.29, 1.82) is 0 Å². The number of rotatable bonds is 3. The molecule has 4 rings (SSSR count). The molecule has 116 valence electrons. The Morgan fingerprint density at radius 2 is 2.13 bits per heavy atom. The van der Waals surface area contributed by atoms with E-state index in [1.54, 1.807) is 4.52 Å². The maximum atomic E-state index is 11.9. The van der Waals surface area contributed by atoms with E-state index in [0.717, 1.165) is 28.5 Å². The van der Waals surface area contributed by atoms with Crippen LogP contribution in [0.5, 0.6) is 0 Å². The Morgan fingerprint density at radius 3 is 3.04 bits per heavy atom. The minimum absolute atomic E-state index is 0.0496. The summed E-state index contributed by atoms with van der Waals surface area (Å²) in [5.41, 5.74) is 2.77. The molecule has 0 saturated heterocycles. The monoisotopic (exact) mass is 308 g/mol. The van der Waals surface area contributed by atoms with E-state index in [1.165, 1.54) is 0 Å². The topological polar surface area (TPSA) is 84.2 Å². The van der Waals surface area contributed by atoms with Crippen molar-refractivity contribution in [3.8, 4) is 0 Å². The summed E-state index contributed by atoms with van der Waals surface area (Å²) < 4.78 is 1.70. The van der Waals surface area contributed by atoms with Crippen LogP contribution in [0.15, 0.2) is 36.4 Å². The molecule has 2 N–H and O–H groups in total. The summed E-state index contributed by atoms with van der Waals surface area (Å²) in [6.45, 7) is 2.50. The highest BCUT2D eigenvalue weighted by atomic mass is 16.1. The molecule has 0 spiro atoms. The van der Waals surface area contributed by atoms with Crippen molar-refractivity contribution < 1.29 is 4.79 Å². The normalized spacial score (nSPS) is 16.9. The van der Waals surface area contributed by atoms with Gasteiger partial charge in [0.1, 0.15) is 5.82 Å². The number of benzene rings is 1. The number of anilines is 2. The lowest BCUT2D eigenvalue weighted by atomic mass is 9.90. The van der Waals surface area contributed by atoms with Gasteiger partial charge in [-0.05, 0) is 30.7 Å². The molecule has 3 aromatic rings. The zero-order chi connectivity index (χ0) is 15.8. The van der Waals surface area contributed by atoms with Crippen molar-refractivity contribution in [1.82, 2.24) is 19.8 Å². The van der Waals surface area contributed by atoms with E-state index in [9.17, 15) is 4.79 Å². The van der Waals surface area contributed by atoms with Gasteiger partial charge in [0.25, 0.3) is 0 Å². The van der Waals surface area contributed by atoms with Crippen LogP contribution in [0, 0.1) is 6.92 Å². The predicted octanol–water partition coefficient (Wildman–Crippen LogP) is 1.97. The summed E-state index contributed by atoms with van der Waals surface area (Å²) in [7, 11) is 0. The van der Waals surface area contributed by atoms with E-state index >= 15 is 0 Å². The van der Waals surface area contributed by atoms with Gasteiger partial charge in [0, 0.05) is 24.6 Å². The first kappa shape index (κ1) is 13.7. The molecule has 7 heteroatoms. The Kier molecular flexibility index (Phi) is 3.18. The molecule has 23 heavy (non-hydrogen) atoms. The number of carbonyl (C=O) groups is 1. The number of nitrogens with zero attached hydrogens (tertiary/aromatic N) is 4. The van der Waals surface area contributed by atoms with Gasteiger partial charge in [0.05, 0.1) is 0 Å². The zero-order valence-corrected chi connectivity index (χ0v) is 12.7. The van der Waals surface area contributed by atoms with E-state index in [0.29, 0.717) is 13.0 Å². The van der Waals surface area contributed by atoms with E-state index in [2.05, 4.69) is 32.0 Å². The molecule has 1 aliphatic heterocycles. The average Bonchev–Trinajstić information content (AvgIpc) is 2.93. The lowest BCUT2D eigenvalue weighted by Crippen LogP contribution is -2.27. The maximum absolute atomic E-state index is 11.9. The lowest BCUT2D eigenvalue weighted by molar-refractivity contribution is -0.116. The number of hydrogen-bond acceptors (Lipinski definition) is 5. The number of fused-ring (bicyclic) bond motifs is 2. The Balaban J connectivity index is 1.56. The molecule has 1 aliphatic rings. The molecule has 1 aromatic carbocycles. The molecule has 1 amide bonds. The first-order chi connectivity index (χ1) is 11.2. The van der Waals surface area contributed by atoms with Gasteiger partial charge in [-0.25, -0.2) is 0 Å². The summed E-state index contributed by atoms with van der Waals surface area (Å²) >= 11 is 0. The number of para-hydroxylation sites is 1. The van der Waals surface area contributed by atoms with Gasteiger partial charge in [-0.15, -0.1) is 15.3 Å². The van der Waals surface area contributed by atoms with E-state index in [-0.39, 0.29) is 11.8 Å². The van der Waals surface area contributed by atoms with E-state index < -0.39 is 0 Å². The van der Waals surface area contributed by atoms with Crippen molar-refractivity contribution in [2.75, 3.05) is 17.2 Å². The third kappa shape index (κ3) is 2.50. The summed E-state index contributed by atoms with van der Waals surface area (Å²) in [5.74, 6) is 1.66. The summed E-state index contributed by atoms with van der Waals surface area (Å²) in [5, 5.41) is 18.7. The minimum atomic E-state index is 0.0496. The van der Waals surface area contributed by atoms with Gasteiger partial charge >= 0.3 is 0 Å². The predicted molar refractivity (Wildman–Crippen MR) is 86.4 cm³/mol. The average molecular weight is 308 g/mol. The molecule has 0 fully saturated rings. The second-order valence-electron chi connectivity index (χ2n) is 5.65. The van der Waals surface area contributed by atoms with Gasteiger partial charge in [0.15, 0.2) is 11.5 Å². The Labute approximate surface area is 132 Å². The molecule has 3 heterocycles. The van der Waals surface area contributed by atoms with Gasteiger partial charge < -0.3 is 10.6 Å².